The average Bonchev–Trinajstić information content (AvgIpc) is 2.28. The van der Waals surface area contributed by atoms with E-state index in [2.05, 4.69) is 4.98 Å². The Kier molecular flexibility index (Phi) is 3.76. The molecule has 1 aromatic heterocycles. The van der Waals surface area contributed by atoms with Gasteiger partial charge < -0.3 is 4.74 Å². The molecule has 1 saturated heterocycles. The smallest absolute Gasteiger partial charge is 0.264 e. The quantitative estimate of drug-likeness (QED) is 0.763. The Morgan fingerprint density at radius 2 is 2.35 bits per heavy atom. The lowest BCUT2D eigenvalue weighted by molar-refractivity contribution is -0.0343. The minimum absolute atomic E-state index is 0.135. The molecule has 0 amide bonds. The van der Waals surface area contributed by atoms with Crippen LogP contribution in [-0.4, -0.2) is 32.4 Å². The Balaban J connectivity index is 2.03. The summed E-state index contributed by atoms with van der Waals surface area (Å²) < 4.78 is 32.7. The number of nitrogens with zero attached hydrogens (tertiary/aromatic N) is 1. The van der Waals surface area contributed by atoms with Crippen molar-refractivity contribution in [3.63, 3.8) is 0 Å². The standard InChI is InChI=1S/C11H15NO4S/c1-17(13,14)16-10-4-6-15-11(7-10)9-3-2-5-12-8-9/h2-3,5,8,10-11H,4,6-7H2,1H3. The second-order valence-electron chi connectivity index (χ2n) is 4.09. The third kappa shape index (κ3) is 3.76. The van der Waals surface area contributed by atoms with Gasteiger partial charge in [-0.1, -0.05) is 6.07 Å². The van der Waals surface area contributed by atoms with E-state index in [4.69, 9.17) is 8.92 Å². The molecular weight excluding hydrogens is 242 g/mol. The Morgan fingerprint density at radius 1 is 1.53 bits per heavy atom. The molecule has 5 nitrogen and oxygen atoms in total. The van der Waals surface area contributed by atoms with Crippen LogP contribution >= 0.6 is 0 Å². The summed E-state index contributed by atoms with van der Waals surface area (Å²) in [5.41, 5.74) is 0.953. The summed E-state index contributed by atoms with van der Waals surface area (Å²) in [6.45, 7) is 0.500. The fourth-order valence-electron chi connectivity index (χ4n) is 1.90. The van der Waals surface area contributed by atoms with E-state index in [0.29, 0.717) is 19.4 Å². The van der Waals surface area contributed by atoms with Crippen molar-refractivity contribution in [2.75, 3.05) is 12.9 Å². The Labute approximate surface area is 101 Å². The van der Waals surface area contributed by atoms with Crippen LogP contribution in [0, 0.1) is 0 Å². The molecule has 2 rings (SSSR count). The molecule has 1 fully saturated rings. The van der Waals surface area contributed by atoms with Crippen molar-refractivity contribution in [2.45, 2.75) is 25.0 Å². The average molecular weight is 257 g/mol. The molecule has 6 heteroatoms. The number of hydrogen-bond acceptors (Lipinski definition) is 5. The van der Waals surface area contributed by atoms with Crippen LogP contribution in [0.3, 0.4) is 0 Å². The van der Waals surface area contributed by atoms with E-state index >= 15 is 0 Å². The molecule has 0 radical (unpaired) electrons. The van der Waals surface area contributed by atoms with E-state index in [-0.39, 0.29) is 12.2 Å². The van der Waals surface area contributed by atoms with E-state index in [1.807, 2.05) is 12.1 Å². The molecule has 1 aliphatic rings. The summed E-state index contributed by atoms with van der Waals surface area (Å²) in [5.74, 6) is 0. The third-order valence-electron chi connectivity index (χ3n) is 2.60. The number of aromatic nitrogens is 1. The highest BCUT2D eigenvalue weighted by atomic mass is 32.2. The second-order valence-corrected chi connectivity index (χ2v) is 5.69. The van der Waals surface area contributed by atoms with Crippen LogP contribution in [0.4, 0.5) is 0 Å². The Hall–Kier alpha value is -0.980. The topological polar surface area (TPSA) is 65.5 Å². The van der Waals surface area contributed by atoms with Gasteiger partial charge in [0, 0.05) is 25.4 Å². The number of rotatable bonds is 3. The Morgan fingerprint density at radius 3 is 3.00 bits per heavy atom. The molecule has 1 aromatic rings. The number of ether oxygens (including phenoxy) is 1. The first-order valence-electron chi connectivity index (χ1n) is 5.44. The van der Waals surface area contributed by atoms with Gasteiger partial charge in [-0.05, 0) is 18.1 Å². The van der Waals surface area contributed by atoms with E-state index < -0.39 is 10.1 Å². The van der Waals surface area contributed by atoms with Crippen LogP contribution in [0.15, 0.2) is 24.5 Å². The molecule has 0 spiro atoms. The van der Waals surface area contributed by atoms with Crippen LogP contribution in [0.2, 0.25) is 0 Å². The predicted octanol–water partition coefficient (Wildman–Crippen LogP) is 1.28. The zero-order valence-corrected chi connectivity index (χ0v) is 10.4. The van der Waals surface area contributed by atoms with Crippen molar-refractivity contribution in [3.8, 4) is 0 Å². The maximum absolute atomic E-state index is 11.1. The zero-order chi connectivity index (χ0) is 12.3. The molecule has 2 unspecified atom stereocenters. The van der Waals surface area contributed by atoms with Crippen LogP contribution in [0.25, 0.3) is 0 Å². The zero-order valence-electron chi connectivity index (χ0n) is 9.57. The van der Waals surface area contributed by atoms with Crippen molar-refractivity contribution in [2.24, 2.45) is 0 Å². The van der Waals surface area contributed by atoms with Crippen molar-refractivity contribution in [3.05, 3.63) is 30.1 Å². The van der Waals surface area contributed by atoms with Crippen LogP contribution in [0.1, 0.15) is 24.5 Å². The molecule has 2 atom stereocenters. The van der Waals surface area contributed by atoms with Gasteiger partial charge in [-0.25, -0.2) is 0 Å². The minimum Gasteiger partial charge on any atom is -0.373 e. The SMILES string of the molecule is CS(=O)(=O)OC1CCOC(c2cccnc2)C1. The molecule has 0 bridgehead atoms. The molecule has 1 aliphatic heterocycles. The van der Waals surface area contributed by atoms with Gasteiger partial charge in [-0.15, -0.1) is 0 Å². The normalized spacial score (nSPS) is 25.7. The van der Waals surface area contributed by atoms with E-state index in [1.54, 1.807) is 12.4 Å². The second kappa shape index (κ2) is 5.12. The molecule has 0 aliphatic carbocycles. The van der Waals surface area contributed by atoms with Gasteiger partial charge in [-0.3, -0.25) is 9.17 Å². The number of hydrogen-bond donors (Lipinski definition) is 0. The maximum atomic E-state index is 11.1. The lowest BCUT2D eigenvalue weighted by Gasteiger charge is -2.28. The summed E-state index contributed by atoms with van der Waals surface area (Å²) in [4.78, 5) is 4.02. The van der Waals surface area contributed by atoms with Crippen LogP contribution in [0.5, 0.6) is 0 Å². The largest absolute Gasteiger partial charge is 0.373 e. The minimum atomic E-state index is -3.40. The highest BCUT2D eigenvalue weighted by Crippen LogP contribution is 2.29. The highest BCUT2D eigenvalue weighted by molar-refractivity contribution is 7.86. The summed E-state index contributed by atoms with van der Waals surface area (Å²) in [6, 6.07) is 3.75. The first-order valence-corrected chi connectivity index (χ1v) is 7.26. The molecule has 2 heterocycles. The fourth-order valence-corrected chi connectivity index (χ4v) is 2.57. The monoisotopic (exact) mass is 257 g/mol. The maximum Gasteiger partial charge on any atom is 0.264 e. The van der Waals surface area contributed by atoms with Gasteiger partial charge >= 0.3 is 0 Å². The fraction of sp³-hybridized carbons (Fsp3) is 0.545. The summed E-state index contributed by atoms with van der Waals surface area (Å²) in [5, 5.41) is 0. The van der Waals surface area contributed by atoms with Crippen molar-refractivity contribution in [1.29, 1.82) is 0 Å². The Bertz CT molecular complexity index is 460. The van der Waals surface area contributed by atoms with Crippen molar-refractivity contribution < 1.29 is 17.3 Å². The first-order chi connectivity index (χ1) is 8.04. The van der Waals surface area contributed by atoms with E-state index in [1.165, 1.54) is 0 Å². The third-order valence-corrected chi connectivity index (χ3v) is 3.22. The van der Waals surface area contributed by atoms with Gasteiger partial charge in [0.1, 0.15) is 0 Å². The van der Waals surface area contributed by atoms with Crippen LogP contribution in [-0.2, 0) is 19.0 Å². The van der Waals surface area contributed by atoms with Gasteiger partial charge in [0.05, 0.1) is 18.5 Å². The molecule has 0 aromatic carbocycles. The number of pyridine rings is 1. The van der Waals surface area contributed by atoms with Gasteiger partial charge in [0.25, 0.3) is 10.1 Å². The van der Waals surface area contributed by atoms with Crippen molar-refractivity contribution in [1.82, 2.24) is 4.98 Å². The van der Waals surface area contributed by atoms with Gasteiger partial charge in [-0.2, -0.15) is 8.42 Å². The summed E-state index contributed by atoms with van der Waals surface area (Å²) >= 11 is 0. The van der Waals surface area contributed by atoms with Gasteiger partial charge in [0.2, 0.25) is 0 Å². The van der Waals surface area contributed by atoms with Crippen LogP contribution < -0.4 is 0 Å². The molecular formula is C11H15NO4S. The predicted molar refractivity (Wildman–Crippen MR) is 61.9 cm³/mol. The van der Waals surface area contributed by atoms with Gasteiger partial charge in [0.15, 0.2) is 0 Å². The summed E-state index contributed by atoms with van der Waals surface area (Å²) in [6.07, 6.45) is 5.20. The molecule has 0 saturated carbocycles. The molecule has 0 N–H and O–H groups in total. The van der Waals surface area contributed by atoms with Crippen molar-refractivity contribution >= 4 is 10.1 Å². The summed E-state index contributed by atoms with van der Waals surface area (Å²) in [7, 11) is -3.40. The lowest BCUT2D eigenvalue weighted by atomic mass is 10.0. The van der Waals surface area contributed by atoms with E-state index in [0.717, 1.165) is 11.8 Å². The molecule has 94 valence electrons. The highest BCUT2D eigenvalue weighted by Gasteiger charge is 2.27. The lowest BCUT2D eigenvalue weighted by Crippen LogP contribution is -2.28. The molecule has 17 heavy (non-hydrogen) atoms. The first kappa shape index (κ1) is 12.5. The van der Waals surface area contributed by atoms with E-state index in [9.17, 15) is 8.42 Å².